The molecule has 3 nitrogen and oxygen atoms in total. The third kappa shape index (κ3) is 3.95. The Hall–Kier alpha value is -0.300. The minimum absolute atomic E-state index is 0.211. The maximum absolute atomic E-state index is 11.7. The molecule has 0 aromatic carbocycles. The lowest BCUT2D eigenvalue weighted by Gasteiger charge is -2.11. The summed E-state index contributed by atoms with van der Waals surface area (Å²) in [7, 11) is -5.40. The highest BCUT2D eigenvalue weighted by Crippen LogP contribution is 2.25. The van der Waals surface area contributed by atoms with Crippen molar-refractivity contribution in [3.8, 4) is 0 Å². The minimum Gasteiger partial charge on any atom is -0.263 e. The maximum Gasteiger partial charge on any atom is 0.523 e. The average molecular weight is 220 g/mol. The number of rotatable bonds is 4. The monoisotopic (exact) mass is 220 g/mol. The summed E-state index contributed by atoms with van der Waals surface area (Å²) in [4.78, 5) is 0. The zero-order valence-electron chi connectivity index (χ0n) is 7.26. The van der Waals surface area contributed by atoms with Crippen LogP contribution in [-0.2, 0) is 14.3 Å². The smallest absolute Gasteiger partial charge is 0.263 e. The van der Waals surface area contributed by atoms with Gasteiger partial charge in [-0.3, -0.25) is 4.18 Å². The lowest BCUT2D eigenvalue weighted by molar-refractivity contribution is -0.0549. The minimum atomic E-state index is -5.40. The molecule has 0 amide bonds. The van der Waals surface area contributed by atoms with Crippen molar-refractivity contribution in [3.05, 3.63) is 0 Å². The van der Waals surface area contributed by atoms with E-state index in [2.05, 4.69) is 4.18 Å². The fourth-order valence-electron chi connectivity index (χ4n) is 0.390. The molecule has 0 N–H and O–H groups in total. The molecule has 1 atom stereocenters. The van der Waals surface area contributed by atoms with E-state index < -0.39 is 22.2 Å². The molecule has 0 aromatic heterocycles. The lowest BCUT2D eigenvalue weighted by Crippen LogP contribution is -2.27. The van der Waals surface area contributed by atoms with Crippen LogP contribution in [0.15, 0.2) is 0 Å². The third-order valence-electron chi connectivity index (χ3n) is 1.49. The van der Waals surface area contributed by atoms with Crippen LogP contribution < -0.4 is 0 Å². The van der Waals surface area contributed by atoms with Crippen LogP contribution in [0.2, 0.25) is 0 Å². The Kier molecular flexibility index (Phi) is 4.18. The molecule has 0 saturated heterocycles. The lowest BCUT2D eigenvalue weighted by atomic mass is 10.1. The van der Waals surface area contributed by atoms with Crippen molar-refractivity contribution in [2.24, 2.45) is 5.92 Å². The van der Waals surface area contributed by atoms with Gasteiger partial charge in [0.2, 0.25) is 0 Å². The van der Waals surface area contributed by atoms with Gasteiger partial charge in [0.1, 0.15) is 0 Å². The molecule has 0 aliphatic carbocycles. The molecule has 0 aromatic rings. The van der Waals surface area contributed by atoms with Crippen molar-refractivity contribution in [2.75, 3.05) is 6.61 Å². The predicted octanol–water partition coefficient (Wildman–Crippen LogP) is 1.90. The molecule has 1 unspecified atom stereocenters. The Morgan fingerprint density at radius 3 is 2.15 bits per heavy atom. The van der Waals surface area contributed by atoms with Crippen LogP contribution in [0.3, 0.4) is 0 Å². The van der Waals surface area contributed by atoms with Gasteiger partial charge in [-0.25, -0.2) is 0 Å². The summed E-state index contributed by atoms with van der Waals surface area (Å²) in [6.45, 7) is 2.90. The highest BCUT2D eigenvalue weighted by molar-refractivity contribution is 7.87. The van der Waals surface area contributed by atoms with Gasteiger partial charge in [-0.05, 0) is 5.92 Å². The van der Waals surface area contributed by atoms with Gasteiger partial charge >= 0.3 is 15.6 Å². The molecule has 0 rings (SSSR count). The summed E-state index contributed by atoms with van der Waals surface area (Å²) >= 11 is 0. The standard InChI is InChI=1S/C6H11F3O3S/c1-3-5(2)4-12-13(10,11)6(7,8)9/h5H,3-4H2,1-2H3. The quantitative estimate of drug-likeness (QED) is 0.536. The zero-order valence-corrected chi connectivity index (χ0v) is 8.07. The van der Waals surface area contributed by atoms with Crippen molar-refractivity contribution < 1.29 is 25.8 Å². The number of alkyl halides is 3. The van der Waals surface area contributed by atoms with Crippen molar-refractivity contribution in [3.63, 3.8) is 0 Å². The van der Waals surface area contributed by atoms with E-state index in [0.717, 1.165) is 0 Å². The molecular weight excluding hydrogens is 209 g/mol. The summed E-state index contributed by atoms with van der Waals surface area (Å²) in [5, 5.41) is 0. The van der Waals surface area contributed by atoms with Crippen LogP contribution in [-0.4, -0.2) is 20.5 Å². The summed E-state index contributed by atoms with van der Waals surface area (Å²) in [6, 6.07) is 0. The Morgan fingerprint density at radius 1 is 1.38 bits per heavy atom. The van der Waals surface area contributed by atoms with Gasteiger partial charge in [0.25, 0.3) is 0 Å². The fourth-order valence-corrected chi connectivity index (χ4v) is 0.935. The molecule has 0 aliphatic rings. The second kappa shape index (κ2) is 4.28. The zero-order chi connectivity index (χ0) is 10.7. The molecule has 0 heterocycles. The highest BCUT2D eigenvalue weighted by atomic mass is 32.2. The normalized spacial score (nSPS) is 15.8. The Labute approximate surface area is 75.0 Å². The molecule has 13 heavy (non-hydrogen) atoms. The first-order valence-corrected chi connectivity index (χ1v) is 5.07. The number of halogens is 3. The van der Waals surface area contributed by atoms with Crippen molar-refractivity contribution >= 4 is 10.1 Å². The largest absolute Gasteiger partial charge is 0.523 e. The molecule has 0 fully saturated rings. The molecule has 0 bridgehead atoms. The Bertz CT molecular complexity index is 244. The van der Waals surface area contributed by atoms with E-state index in [4.69, 9.17) is 0 Å². The Morgan fingerprint density at radius 2 is 1.85 bits per heavy atom. The molecule has 80 valence electrons. The van der Waals surface area contributed by atoms with E-state index in [1.54, 1.807) is 13.8 Å². The van der Waals surface area contributed by atoms with Gasteiger partial charge in [0, 0.05) is 0 Å². The first kappa shape index (κ1) is 12.7. The fraction of sp³-hybridized carbons (Fsp3) is 1.00. The summed E-state index contributed by atoms with van der Waals surface area (Å²) < 4.78 is 59.5. The van der Waals surface area contributed by atoms with Crippen LogP contribution in [0.5, 0.6) is 0 Å². The highest BCUT2D eigenvalue weighted by Gasteiger charge is 2.47. The number of hydrogen-bond acceptors (Lipinski definition) is 3. The second-order valence-electron chi connectivity index (χ2n) is 2.70. The third-order valence-corrected chi connectivity index (χ3v) is 2.50. The van der Waals surface area contributed by atoms with Crippen LogP contribution in [0.1, 0.15) is 20.3 Å². The van der Waals surface area contributed by atoms with E-state index >= 15 is 0 Å². The van der Waals surface area contributed by atoms with E-state index in [1.165, 1.54) is 0 Å². The van der Waals surface area contributed by atoms with Crippen molar-refractivity contribution in [2.45, 2.75) is 25.8 Å². The molecule has 0 saturated carbocycles. The van der Waals surface area contributed by atoms with Crippen LogP contribution in [0, 0.1) is 5.92 Å². The second-order valence-corrected chi connectivity index (χ2v) is 4.30. The van der Waals surface area contributed by atoms with Gasteiger partial charge in [-0.1, -0.05) is 20.3 Å². The maximum atomic E-state index is 11.7. The predicted molar refractivity (Wildman–Crippen MR) is 40.4 cm³/mol. The molecule has 7 heteroatoms. The number of hydrogen-bond donors (Lipinski definition) is 0. The molecule has 0 spiro atoms. The van der Waals surface area contributed by atoms with Gasteiger partial charge in [0.05, 0.1) is 6.61 Å². The summed E-state index contributed by atoms with van der Waals surface area (Å²) in [5.41, 5.74) is -5.32. The van der Waals surface area contributed by atoms with Gasteiger partial charge < -0.3 is 0 Å². The van der Waals surface area contributed by atoms with Crippen LogP contribution >= 0.6 is 0 Å². The van der Waals surface area contributed by atoms with Gasteiger partial charge in [0.15, 0.2) is 0 Å². The first-order chi connectivity index (χ1) is 5.70. The molecule has 0 radical (unpaired) electrons. The van der Waals surface area contributed by atoms with Gasteiger partial charge in [-0.2, -0.15) is 21.6 Å². The molecule has 0 aliphatic heterocycles. The van der Waals surface area contributed by atoms with Gasteiger partial charge in [-0.15, -0.1) is 0 Å². The van der Waals surface area contributed by atoms with Crippen LogP contribution in [0.25, 0.3) is 0 Å². The van der Waals surface area contributed by atoms with E-state index in [-0.39, 0.29) is 5.92 Å². The van der Waals surface area contributed by atoms with E-state index in [1.807, 2.05) is 0 Å². The summed E-state index contributed by atoms with van der Waals surface area (Å²) in [5.74, 6) is -0.211. The van der Waals surface area contributed by atoms with Crippen molar-refractivity contribution in [1.82, 2.24) is 0 Å². The SMILES string of the molecule is CCC(C)COS(=O)(=O)C(F)(F)F. The molecular formula is C6H11F3O3S. The van der Waals surface area contributed by atoms with Crippen molar-refractivity contribution in [1.29, 1.82) is 0 Å². The topological polar surface area (TPSA) is 43.4 Å². The first-order valence-electron chi connectivity index (χ1n) is 3.66. The summed E-state index contributed by atoms with van der Waals surface area (Å²) in [6.07, 6.45) is 0.563. The van der Waals surface area contributed by atoms with E-state index in [9.17, 15) is 21.6 Å². The average Bonchev–Trinajstić information content (AvgIpc) is 1.98. The van der Waals surface area contributed by atoms with E-state index in [0.29, 0.717) is 6.42 Å². The van der Waals surface area contributed by atoms with Crippen LogP contribution in [0.4, 0.5) is 13.2 Å². The Balaban J connectivity index is 4.22.